The van der Waals surface area contributed by atoms with E-state index in [0.29, 0.717) is 12.8 Å². The molecular formula is C37H53NO4S. The average molecular weight is 608 g/mol. The molecule has 1 aromatic carbocycles. The van der Waals surface area contributed by atoms with E-state index in [0.717, 1.165) is 57.1 Å². The van der Waals surface area contributed by atoms with Crippen LogP contribution in [-0.4, -0.2) is 40.6 Å². The Morgan fingerprint density at radius 3 is 1.81 bits per heavy atom. The Labute approximate surface area is 265 Å². The lowest BCUT2D eigenvalue weighted by Crippen LogP contribution is -2.38. The van der Waals surface area contributed by atoms with Crippen LogP contribution in [-0.2, 0) is 9.53 Å². The number of esters is 1. The van der Waals surface area contributed by atoms with Crippen LogP contribution in [0.1, 0.15) is 95.3 Å². The van der Waals surface area contributed by atoms with Gasteiger partial charge in [-0.05, 0) is 82.1 Å². The number of thioether (sulfide) groups is 1. The molecule has 0 bridgehead atoms. The molecule has 0 aliphatic rings. The summed E-state index contributed by atoms with van der Waals surface area (Å²) in [5.41, 5.74) is 0.202. The lowest BCUT2D eigenvalue weighted by molar-refractivity contribution is -0.146. The molecule has 0 saturated carbocycles. The minimum atomic E-state index is -0.569. The molecule has 1 aromatic rings. The van der Waals surface area contributed by atoms with Crippen molar-refractivity contribution in [3.63, 3.8) is 0 Å². The Balaban J connectivity index is 2.18. The van der Waals surface area contributed by atoms with Crippen LogP contribution >= 0.6 is 11.8 Å². The monoisotopic (exact) mass is 607 g/mol. The number of nitrogens with one attached hydrogen (secondary N) is 1. The number of unbranched alkanes of at least 4 members (excludes halogenated alkanes) is 1. The maximum atomic E-state index is 12.9. The summed E-state index contributed by atoms with van der Waals surface area (Å²) in [6.45, 7) is 6.47. The van der Waals surface area contributed by atoms with Gasteiger partial charge in [0.25, 0.3) is 5.91 Å². The van der Waals surface area contributed by atoms with Crippen LogP contribution in [0.4, 0.5) is 0 Å². The molecule has 0 atom stereocenters. The fourth-order valence-electron chi connectivity index (χ4n) is 4.11. The predicted octanol–water partition coefficient (Wildman–Crippen LogP) is 9.44. The van der Waals surface area contributed by atoms with Gasteiger partial charge in [-0.25, -0.2) is 0 Å². The Kier molecular flexibility index (Phi) is 22.2. The Hall–Kier alpha value is -3.25. The summed E-state index contributed by atoms with van der Waals surface area (Å²) < 4.78 is 4.96. The minimum Gasteiger partial charge on any atom is -0.507 e. The molecule has 0 aliphatic carbocycles. The first kappa shape index (κ1) is 37.8. The van der Waals surface area contributed by atoms with E-state index in [9.17, 15) is 14.7 Å². The number of amides is 1. The SMILES string of the molecule is CC/C=C\C/C=C\C/C=C\C/C=C\C/C=C\C/C=C\CCCSC(CC)(CC)C(=O)OCCNC(=O)c1ccccc1O. The third-order valence-corrected chi connectivity index (χ3v) is 8.56. The number of aromatic hydroxyl groups is 1. The first-order valence-corrected chi connectivity index (χ1v) is 16.8. The summed E-state index contributed by atoms with van der Waals surface area (Å²) in [6.07, 6.45) is 35.8. The number of rotatable bonds is 23. The number of para-hydroxylation sites is 1. The molecule has 0 unspecified atom stereocenters. The van der Waals surface area contributed by atoms with Crippen molar-refractivity contribution in [1.29, 1.82) is 0 Å². The van der Waals surface area contributed by atoms with Gasteiger partial charge in [0.2, 0.25) is 0 Å². The minimum absolute atomic E-state index is 0.0756. The Morgan fingerprint density at radius 1 is 0.791 bits per heavy atom. The zero-order valence-corrected chi connectivity index (χ0v) is 27.3. The number of hydrogen-bond donors (Lipinski definition) is 2. The van der Waals surface area contributed by atoms with Gasteiger partial charge in [-0.15, -0.1) is 11.8 Å². The summed E-state index contributed by atoms with van der Waals surface area (Å²) in [6, 6.07) is 6.35. The summed E-state index contributed by atoms with van der Waals surface area (Å²) in [5.74, 6) is 0.184. The summed E-state index contributed by atoms with van der Waals surface area (Å²) in [5, 5.41) is 12.5. The summed E-state index contributed by atoms with van der Waals surface area (Å²) in [7, 11) is 0. The van der Waals surface area contributed by atoms with Gasteiger partial charge in [0, 0.05) is 0 Å². The highest BCUT2D eigenvalue weighted by Gasteiger charge is 2.36. The highest BCUT2D eigenvalue weighted by Crippen LogP contribution is 2.34. The third kappa shape index (κ3) is 17.5. The molecule has 0 radical (unpaired) electrons. The topological polar surface area (TPSA) is 75.6 Å². The first-order valence-electron chi connectivity index (χ1n) is 15.8. The maximum Gasteiger partial charge on any atom is 0.322 e. The van der Waals surface area contributed by atoms with Gasteiger partial charge < -0.3 is 15.2 Å². The normalized spacial score (nSPS) is 12.6. The first-order chi connectivity index (χ1) is 21.0. The van der Waals surface area contributed by atoms with Crippen molar-refractivity contribution in [3.8, 4) is 5.75 Å². The van der Waals surface area contributed by atoms with Crippen LogP contribution < -0.4 is 5.32 Å². The van der Waals surface area contributed by atoms with E-state index in [2.05, 4.69) is 85.2 Å². The van der Waals surface area contributed by atoms with Gasteiger partial charge in [-0.2, -0.15) is 0 Å². The van der Waals surface area contributed by atoms with Crippen molar-refractivity contribution in [2.45, 2.75) is 89.7 Å². The molecule has 5 nitrogen and oxygen atoms in total. The van der Waals surface area contributed by atoms with E-state index < -0.39 is 10.7 Å². The number of carbonyl (C=O) groups excluding carboxylic acids is 2. The molecule has 0 aliphatic heterocycles. The summed E-state index contributed by atoms with van der Waals surface area (Å²) in [4.78, 5) is 25.1. The number of hydrogen-bond acceptors (Lipinski definition) is 5. The van der Waals surface area contributed by atoms with Crippen LogP contribution in [0.5, 0.6) is 5.75 Å². The van der Waals surface area contributed by atoms with Gasteiger partial charge in [-0.1, -0.05) is 106 Å². The second-order valence-electron chi connectivity index (χ2n) is 10.0. The van der Waals surface area contributed by atoms with Gasteiger partial charge >= 0.3 is 5.97 Å². The third-order valence-electron chi connectivity index (χ3n) is 6.77. The fraction of sp³-hybridized carbons (Fsp3) is 0.459. The van der Waals surface area contributed by atoms with E-state index >= 15 is 0 Å². The van der Waals surface area contributed by atoms with Crippen molar-refractivity contribution < 1.29 is 19.4 Å². The zero-order chi connectivity index (χ0) is 31.4. The quantitative estimate of drug-likeness (QED) is 0.0736. The molecule has 0 aromatic heterocycles. The molecular weight excluding hydrogens is 554 g/mol. The second-order valence-corrected chi connectivity index (χ2v) is 11.5. The predicted molar refractivity (Wildman–Crippen MR) is 185 cm³/mol. The number of ether oxygens (including phenoxy) is 1. The van der Waals surface area contributed by atoms with E-state index in [4.69, 9.17) is 4.74 Å². The van der Waals surface area contributed by atoms with E-state index in [1.807, 2.05) is 13.8 Å². The standard InChI is InChI=1S/C37H53NO4S/c1-4-7-8-9-10-11-12-13-14-15-16-17-18-19-20-21-22-23-24-27-32-43-37(5-2,6-3)36(41)42-31-30-38-35(40)33-28-25-26-29-34(33)39/h7-8,10-11,13-14,16-17,19-20,22-23,25-26,28-29,39H,4-6,9,12,15,18,21,24,27,30-32H2,1-3H3,(H,38,40)/b8-7-,11-10-,14-13-,17-16-,20-19-,23-22-. The van der Waals surface area contributed by atoms with Gasteiger partial charge in [-0.3, -0.25) is 9.59 Å². The van der Waals surface area contributed by atoms with Crippen LogP contribution in [0.3, 0.4) is 0 Å². The lowest BCUT2D eigenvalue weighted by atomic mass is 10.0. The molecule has 2 N–H and O–H groups in total. The molecule has 0 spiro atoms. The van der Waals surface area contributed by atoms with E-state index in [1.54, 1.807) is 30.0 Å². The Morgan fingerprint density at radius 2 is 1.30 bits per heavy atom. The van der Waals surface area contributed by atoms with Crippen molar-refractivity contribution in [1.82, 2.24) is 5.32 Å². The van der Waals surface area contributed by atoms with Crippen molar-refractivity contribution in [2.75, 3.05) is 18.9 Å². The van der Waals surface area contributed by atoms with Crippen LogP contribution in [0, 0.1) is 0 Å². The van der Waals surface area contributed by atoms with Gasteiger partial charge in [0.15, 0.2) is 0 Å². The largest absolute Gasteiger partial charge is 0.507 e. The molecule has 0 saturated heterocycles. The van der Waals surface area contributed by atoms with Crippen molar-refractivity contribution >= 4 is 23.6 Å². The highest BCUT2D eigenvalue weighted by molar-refractivity contribution is 8.01. The number of carbonyl (C=O) groups is 2. The smallest absolute Gasteiger partial charge is 0.322 e. The second kappa shape index (κ2) is 25.3. The molecule has 6 heteroatoms. The molecule has 43 heavy (non-hydrogen) atoms. The van der Waals surface area contributed by atoms with Crippen LogP contribution in [0.2, 0.25) is 0 Å². The van der Waals surface area contributed by atoms with Crippen LogP contribution in [0.15, 0.2) is 97.2 Å². The zero-order valence-electron chi connectivity index (χ0n) is 26.5. The fourth-order valence-corrected chi connectivity index (χ4v) is 5.40. The highest BCUT2D eigenvalue weighted by atomic mass is 32.2. The van der Waals surface area contributed by atoms with Gasteiger partial charge in [0.1, 0.15) is 17.1 Å². The number of phenolic OH excluding ortho intramolecular Hbond substituents is 1. The molecule has 0 heterocycles. The lowest BCUT2D eigenvalue weighted by Gasteiger charge is -2.28. The molecule has 1 amide bonds. The van der Waals surface area contributed by atoms with Crippen LogP contribution in [0.25, 0.3) is 0 Å². The maximum absolute atomic E-state index is 12.9. The summed E-state index contributed by atoms with van der Waals surface area (Å²) >= 11 is 1.67. The van der Waals surface area contributed by atoms with E-state index in [1.165, 1.54) is 6.07 Å². The Bertz CT molecular complexity index is 1080. The van der Waals surface area contributed by atoms with E-state index in [-0.39, 0.29) is 30.4 Å². The number of benzene rings is 1. The molecule has 1 rings (SSSR count). The average Bonchev–Trinajstić information content (AvgIpc) is 3.02. The van der Waals surface area contributed by atoms with Crippen molar-refractivity contribution in [3.05, 3.63) is 103 Å². The van der Waals surface area contributed by atoms with Crippen molar-refractivity contribution in [2.24, 2.45) is 0 Å². The number of phenols is 1. The molecule has 0 fully saturated rings. The number of allylic oxidation sites excluding steroid dienone is 12. The van der Waals surface area contributed by atoms with Gasteiger partial charge in [0.05, 0.1) is 12.1 Å². The molecule has 236 valence electrons.